The third kappa shape index (κ3) is 3.78. The van der Waals surface area contributed by atoms with Gasteiger partial charge >= 0.3 is 0 Å². The lowest BCUT2D eigenvalue weighted by molar-refractivity contribution is 0.0983. The molecule has 1 amide bonds. The van der Waals surface area contributed by atoms with Gasteiger partial charge in [-0.1, -0.05) is 18.2 Å². The van der Waals surface area contributed by atoms with E-state index in [4.69, 9.17) is 10.5 Å². The van der Waals surface area contributed by atoms with Crippen LogP contribution in [0.4, 0.5) is 0 Å². The minimum atomic E-state index is -0.510. The number of ketones is 1. The highest BCUT2D eigenvalue weighted by Gasteiger charge is 2.13. The van der Waals surface area contributed by atoms with Gasteiger partial charge in [0.05, 0.1) is 7.11 Å². The van der Waals surface area contributed by atoms with Crippen LogP contribution >= 0.6 is 11.3 Å². The highest BCUT2D eigenvalue weighted by molar-refractivity contribution is 7.13. The number of ether oxygens (including phenoxy) is 1. The Morgan fingerprint density at radius 1 is 1.04 bits per heavy atom. The van der Waals surface area contributed by atoms with E-state index < -0.39 is 5.91 Å². The van der Waals surface area contributed by atoms with Gasteiger partial charge in [0.25, 0.3) is 0 Å². The highest BCUT2D eigenvalue weighted by atomic mass is 32.1. The quantitative estimate of drug-likeness (QED) is 0.684. The predicted octanol–water partition coefficient (Wildman–Crippen LogP) is 3.95. The van der Waals surface area contributed by atoms with E-state index in [-0.39, 0.29) is 12.2 Å². The summed E-state index contributed by atoms with van der Waals surface area (Å²) >= 11 is 1.65. The molecule has 0 bridgehead atoms. The zero-order valence-electron chi connectivity index (χ0n) is 13.7. The molecule has 0 aliphatic rings. The molecule has 0 fully saturated rings. The maximum absolute atomic E-state index is 12.6. The average Bonchev–Trinajstić information content (AvgIpc) is 3.16. The number of amides is 1. The van der Waals surface area contributed by atoms with Gasteiger partial charge in [-0.15, -0.1) is 11.3 Å². The van der Waals surface area contributed by atoms with E-state index in [1.807, 2.05) is 35.7 Å². The Morgan fingerprint density at radius 3 is 2.36 bits per heavy atom. The van der Waals surface area contributed by atoms with Crippen molar-refractivity contribution in [1.29, 1.82) is 0 Å². The fraction of sp³-hybridized carbons (Fsp3) is 0.100. The first-order chi connectivity index (χ1) is 12.1. The first kappa shape index (κ1) is 16.9. The molecule has 0 unspecified atom stereocenters. The number of primary amides is 1. The maximum atomic E-state index is 12.6. The summed E-state index contributed by atoms with van der Waals surface area (Å²) < 4.78 is 5.40. The molecule has 0 spiro atoms. The summed E-state index contributed by atoms with van der Waals surface area (Å²) in [6.07, 6.45) is 0.221. The highest BCUT2D eigenvalue weighted by Crippen LogP contribution is 2.30. The Balaban J connectivity index is 1.86. The van der Waals surface area contributed by atoms with Crippen LogP contribution in [0.5, 0.6) is 5.75 Å². The molecule has 0 saturated carbocycles. The van der Waals surface area contributed by atoms with Gasteiger partial charge in [0, 0.05) is 28.0 Å². The summed E-state index contributed by atoms with van der Waals surface area (Å²) in [4.78, 5) is 24.9. The molecular formula is C20H17NO3S. The van der Waals surface area contributed by atoms with Crippen molar-refractivity contribution in [3.8, 4) is 16.2 Å². The van der Waals surface area contributed by atoms with Gasteiger partial charge in [0.2, 0.25) is 5.91 Å². The zero-order chi connectivity index (χ0) is 17.8. The molecule has 0 saturated heterocycles. The lowest BCUT2D eigenvalue weighted by atomic mass is 9.99. The van der Waals surface area contributed by atoms with Gasteiger partial charge in [0.1, 0.15) is 5.75 Å². The Bertz CT molecular complexity index is 899. The van der Waals surface area contributed by atoms with Crippen LogP contribution in [0, 0.1) is 0 Å². The molecule has 5 heteroatoms. The lowest BCUT2D eigenvalue weighted by Gasteiger charge is -2.10. The van der Waals surface area contributed by atoms with Crippen LogP contribution in [0.1, 0.15) is 26.3 Å². The molecule has 2 N–H and O–H groups in total. The van der Waals surface area contributed by atoms with Gasteiger partial charge in [-0.05, 0) is 47.3 Å². The number of carbonyl (C=O) groups is 2. The van der Waals surface area contributed by atoms with Crippen LogP contribution < -0.4 is 10.5 Å². The van der Waals surface area contributed by atoms with Crippen molar-refractivity contribution in [1.82, 2.24) is 0 Å². The van der Waals surface area contributed by atoms with E-state index in [1.54, 1.807) is 42.7 Å². The fourth-order valence-electron chi connectivity index (χ4n) is 2.61. The van der Waals surface area contributed by atoms with Crippen molar-refractivity contribution >= 4 is 23.0 Å². The monoisotopic (exact) mass is 351 g/mol. The average molecular weight is 351 g/mol. The van der Waals surface area contributed by atoms with Crippen LogP contribution in [-0.4, -0.2) is 18.8 Å². The number of hydrogen-bond donors (Lipinski definition) is 1. The predicted molar refractivity (Wildman–Crippen MR) is 99.3 cm³/mol. The third-order valence-electron chi connectivity index (χ3n) is 3.93. The molecule has 2 aromatic carbocycles. The molecule has 0 aliphatic heterocycles. The molecule has 25 heavy (non-hydrogen) atoms. The van der Waals surface area contributed by atoms with E-state index in [2.05, 4.69) is 0 Å². The standard InChI is InChI=1S/C20H17NO3S/c1-24-18-9-8-15(19-3-2-10-25-19)11-16(18)12-17(22)13-4-6-14(7-5-13)20(21)23/h2-11H,12H2,1H3,(H2,21,23). The molecule has 126 valence electrons. The third-order valence-corrected chi connectivity index (χ3v) is 4.85. The van der Waals surface area contributed by atoms with Crippen molar-refractivity contribution in [2.45, 2.75) is 6.42 Å². The largest absolute Gasteiger partial charge is 0.496 e. The summed E-state index contributed by atoms with van der Waals surface area (Å²) in [5.74, 6) is 0.129. The topological polar surface area (TPSA) is 69.4 Å². The molecule has 1 aromatic heterocycles. The molecule has 0 aliphatic carbocycles. The molecule has 1 heterocycles. The van der Waals surface area contributed by atoms with Crippen molar-refractivity contribution in [3.63, 3.8) is 0 Å². The van der Waals surface area contributed by atoms with Crippen LogP contribution in [-0.2, 0) is 6.42 Å². The molecule has 0 atom stereocenters. The lowest BCUT2D eigenvalue weighted by Crippen LogP contribution is -2.11. The van der Waals surface area contributed by atoms with Crippen molar-refractivity contribution < 1.29 is 14.3 Å². The summed E-state index contributed by atoms with van der Waals surface area (Å²) in [5.41, 5.74) is 8.03. The van der Waals surface area contributed by atoms with Gasteiger partial charge in [-0.2, -0.15) is 0 Å². The Morgan fingerprint density at radius 2 is 1.76 bits per heavy atom. The van der Waals surface area contributed by atoms with Gasteiger partial charge in [-0.3, -0.25) is 9.59 Å². The number of methoxy groups -OCH3 is 1. The second-order valence-electron chi connectivity index (χ2n) is 5.55. The van der Waals surface area contributed by atoms with Gasteiger partial charge in [0.15, 0.2) is 5.78 Å². The fourth-order valence-corrected chi connectivity index (χ4v) is 3.33. The number of Topliss-reactive ketones (excluding diaryl/α,β-unsaturated/α-hetero) is 1. The molecule has 3 rings (SSSR count). The number of nitrogens with two attached hydrogens (primary N) is 1. The number of thiophene rings is 1. The van der Waals surface area contributed by atoms with Crippen molar-refractivity contribution in [2.24, 2.45) is 5.73 Å². The van der Waals surface area contributed by atoms with Crippen LogP contribution in [0.3, 0.4) is 0 Å². The van der Waals surface area contributed by atoms with Gasteiger partial charge in [-0.25, -0.2) is 0 Å². The van der Waals surface area contributed by atoms with E-state index in [0.29, 0.717) is 16.9 Å². The van der Waals surface area contributed by atoms with Crippen LogP contribution in [0.15, 0.2) is 60.0 Å². The summed E-state index contributed by atoms with van der Waals surface area (Å²) in [6, 6.07) is 16.3. The Kier molecular flexibility index (Phi) is 4.95. The van der Waals surface area contributed by atoms with E-state index in [1.165, 1.54) is 0 Å². The molecule has 3 aromatic rings. The zero-order valence-corrected chi connectivity index (χ0v) is 14.5. The first-order valence-corrected chi connectivity index (χ1v) is 8.60. The second-order valence-corrected chi connectivity index (χ2v) is 6.49. The Hall–Kier alpha value is -2.92. The van der Waals surface area contributed by atoms with Crippen LogP contribution in [0.2, 0.25) is 0 Å². The van der Waals surface area contributed by atoms with Crippen molar-refractivity contribution in [3.05, 3.63) is 76.7 Å². The normalized spacial score (nSPS) is 10.4. The van der Waals surface area contributed by atoms with Crippen LogP contribution in [0.25, 0.3) is 10.4 Å². The smallest absolute Gasteiger partial charge is 0.248 e. The minimum Gasteiger partial charge on any atom is -0.496 e. The number of hydrogen-bond acceptors (Lipinski definition) is 4. The van der Waals surface area contributed by atoms with E-state index in [0.717, 1.165) is 16.0 Å². The molecular weight excluding hydrogens is 334 g/mol. The molecule has 4 nitrogen and oxygen atoms in total. The van der Waals surface area contributed by atoms with Crippen molar-refractivity contribution in [2.75, 3.05) is 7.11 Å². The molecule has 0 radical (unpaired) electrons. The minimum absolute atomic E-state index is 0.0438. The van der Waals surface area contributed by atoms with Gasteiger partial charge < -0.3 is 10.5 Å². The summed E-state index contributed by atoms with van der Waals surface area (Å²) in [5, 5.41) is 2.02. The SMILES string of the molecule is COc1ccc(-c2cccs2)cc1CC(=O)c1ccc(C(N)=O)cc1. The number of rotatable bonds is 6. The summed E-state index contributed by atoms with van der Waals surface area (Å²) in [7, 11) is 1.59. The second kappa shape index (κ2) is 7.32. The maximum Gasteiger partial charge on any atom is 0.248 e. The first-order valence-electron chi connectivity index (χ1n) is 7.72. The number of benzene rings is 2. The Labute approximate surface area is 149 Å². The number of carbonyl (C=O) groups excluding carboxylic acids is 2. The van der Waals surface area contributed by atoms with E-state index in [9.17, 15) is 9.59 Å². The summed E-state index contributed by atoms with van der Waals surface area (Å²) in [6.45, 7) is 0. The van der Waals surface area contributed by atoms with E-state index >= 15 is 0 Å².